The van der Waals surface area contributed by atoms with Gasteiger partial charge in [-0.05, 0) is 55.4 Å². The first-order chi connectivity index (χ1) is 12.6. The Kier molecular flexibility index (Phi) is 8.42. The van der Waals surface area contributed by atoms with Gasteiger partial charge in [-0.15, -0.1) is 6.58 Å². The summed E-state index contributed by atoms with van der Waals surface area (Å²) in [6.07, 6.45) is 6.81. The van der Waals surface area contributed by atoms with Crippen LogP contribution < -0.4 is 10.1 Å². The van der Waals surface area contributed by atoms with E-state index in [4.69, 9.17) is 27.9 Å². The Hall–Kier alpha value is -2.07. The zero-order valence-electron chi connectivity index (χ0n) is 14.4. The van der Waals surface area contributed by atoms with Crippen LogP contribution in [0.5, 0.6) is 5.75 Å². The average Bonchev–Trinajstić information content (AvgIpc) is 2.64. The second-order valence-electron chi connectivity index (χ2n) is 5.54. The smallest absolute Gasteiger partial charge is 0.194 e. The van der Waals surface area contributed by atoms with E-state index in [0.29, 0.717) is 33.5 Å². The molecule has 5 heteroatoms. The van der Waals surface area contributed by atoms with Crippen LogP contribution in [-0.2, 0) is 0 Å². The van der Waals surface area contributed by atoms with E-state index in [9.17, 15) is 4.79 Å². The highest BCUT2D eigenvalue weighted by molar-refractivity contribution is 6.37. The number of ether oxygens (including phenoxy) is 1. The fourth-order valence-electron chi connectivity index (χ4n) is 2.22. The van der Waals surface area contributed by atoms with E-state index < -0.39 is 0 Å². The molecule has 0 aliphatic heterocycles. The maximum absolute atomic E-state index is 12.5. The van der Waals surface area contributed by atoms with Crippen molar-refractivity contribution in [1.82, 2.24) is 5.32 Å². The van der Waals surface area contributed by atoms with Crippen molar-refractivity contribution in [2.45, 2.75) is 6.42 Å². The number of hydrogen-bond donors (Lipinski definition) is 1. The van der Waals surface area contributed by atoms with Gasteiger partial charge in [-0.2, -0.15) is 0 Å². The second kappa shape index (κ2) is 10.8. The molecule has 26 heavy (non-hydrogen) atoms. The summed E-state index contributed by atoms with van der Waals surface area (Å²) in [5.74, 6) is 0.553. The molecule has 0 amide bonds. The first-order valence-electron chi connectivity index (χ1n) is 8.31. The molecule has 0 fully saturated rings. The van der Waals surface area contributed by atoms with Gasteiger partial charge >= 0.3 is 0 Å². The normalized spacial score (nSPS) is 10.8. The van der Waals surface area contributed by atoms with Gasteiger partial charge in [0.2, 0.25) is 0 Å². The average molecular weight is 390 g/mol. The van der Waals surface area contributed by atoms with Gasteiger partial charge in [-0.1, -0.05) is 41.4 Å². The number of rotatable bonds is 10. The van der Waals surface area contributed by atoms with Gasteiger partial charge in [0.15, 0.2) is 5.78 Å². The van der Waals surface area contributed by atoms with Crippen molar-refractivity contribution in [1.29, 1.82) is 0 Å². The number of ketones is 1. The summed E-state index contributed by atoms with van der Waals surface area (Å²) in [7, 11) is 0. The van der Waals surface area contributed by atoms with Crippen molar-refractivity contribution in [3.05, 3.63) is 88.4 Å². The van der Waals surface area contributed by atoms with Gasteiger partial charge in [0.25, 0.3) is 0 Å². The van der Waals surface area contributed by atoms with Gasteiger partial charge in [-0.25, -0.2) is 0 Å². The minimum absolute atomic E-state index is 0.149. The summed E-state index contributed by atoms with van der Waals surface area (Å²) >= 11 is 12.0. The predicted octanol–water partition coefficient (Wildman–Crippen LogP) is 5.33. The van der Waals surface area contributed by atoms with Crippen LogP contribution in [0.2, 0.25) is 10.0 Å². The van der Waals surface area contributed by atoms with Crippen molar-refractivity contribution in [2.75, 3.05) is 19.7 Å². The highest BCUT2D eigenvalue weighted by Gasteiger charge is 2.13. The lowest BCUT2D eigenvalue weighted by Crippen LogP contribution is -2.14. The maximum atomic E-state index is 12.5. The van der Waals surface area contributed by atoms with Crippen molar-refractivity contribution in [2.24, 2.45) is 0 Å². The largest absolute Gasteiger partial charge is 0.490 e. The Morgan fingerprint density at radius 3 is 2.58 bits per heavy atom. The van der Waals surface area contributed by atoms with Crippen LogP contribution in [0.4, 0.5) is 0 Å². The van der Waals surface area contributed by atoms with Crippen molar-refractivity contribution >= 4 is 29.0 Å². The third kappa shape index (κ3) is 6.34. The van der Waals surface area contributed by atoms with Crippen molar-refractivity contribution in [3.63, 3.8) is 0 Å². The lowest BCUT2D eigenvalue weighted by Gasteiger charge is -2.06. The number of carbonyl (C=O) groups excluding carboxylic acids is 1. The number of benzene rings is 2. The molecule has 0 spiro atoms. The third-order valence-electron chi connectivity index (χ3n) is 3.59. The number of carbonyl (C=O) groups is 1. The van der Waals surface area contributed by atoms with Crippen LogP contribution in [0.25, 0.3) is 0 Å². The molecule has 136 valence electrons. The van der Waals surface area contributed by atoms with Crippen LogP contribution in [0.1, 0.15) is 22.3 Å². The minimum atomic E-state index is -0.149. The van der Waals surface area contributed by atoms with E-state index in [0.717, 1.165) is 19.5 Å². The molecule has 3 nitrogen and oxygen atoms in total. The molecule has 0 radical (unpaired) electrons. The molecule has 1 N–H and O–H groups in total. The molecular weight excluding hydrogens is 369 g/mol. The molecule has 0 aliphatic carbocycles. The summed E-state index contributed by atoms with van der Waals surface area (Å²) in [5, 5.41) is 4.10. The number of nitrogens with one attached hydrogen (secondary N) is 1. The third-order valence-corrected chi connectivity index (χ3v) is 4.14. The molecule has 0 aromatic heterocycles. The second-order valence-corrected chi connectivity index (χ2v) is 6.39. The van der Waals surface area contributed by atoms with E-state index in [-0.39, 0.29) is 5.78 Å². The van der Waals surface area contributed by atoms with Crippen LogP contribution in [0.15, 0.2) is 67.3 Å². The van der Waals surface area contributed by atoms with Crippen LogP contribution >= 0.6 is 23.2 Å². The summed E-state index contributed by atoms with van der Waals surface area (Å²) in [6.45, 7) is 5.86. The van der Waals surface area contributed by atoms with Crippen LogP contribution in [0.3, 0.4) is 0 Å². The van der Waals surface area contributed by atoms with Gasteiger partial charge in [0, 0.05) is 22.7 Å². The fourth-order valence-corrected chi connectivity index (χ4v) is 2.71. The zero-order valence-corrected chi connectivity index (χ0v) is 15.9. The molecule has 0 aliphatic rings. The SMILES string of the molecule is C=CCCNC/C=C/COc1ccc(C(=O)c2ccc(Cl)cc2Cl)cc1. The summed E-state index contributed by atoms with van der Waals surface area (Å²) in [4.78, 5) is 12.5. The summed E-state index contributed by atoms with van der Waals surface area (Å²) in [6, 6.07) is 11.8. The summed E-state index contributed by atoms with van der Waals surface area (Å²) in [5.41, 5.74) is 0.972. The highest BCUT2D eigenvalue weighted by atomic mass is 35.5. The van der Waals surface area contributed by atoms with Gasteiger partial charge in [0.1, 0.15) is 12.4 Å². The predicted molar refractivity (Wildman–Crippen MR) is 109 cm³/mol. The molecule has 0 heterocycles. The Morgan fingerprint density at radius 2 is 1.88 bits per heavy atom. The Balaban J connectivity index is 1.85. The molecule has 2 aromatic rings. The van der Waals surface area contributed by atoms with E-state index in [1.54, 1.807) is 42.5 Å². The molecule has 0 bridgehead atoms. The number of hydrogen-bond acceptors (Lipinski definition) is 3. The molecule has 2 rings (SSSR count). The summed E-state index contributed by atoms with van der Waals surface area (Å²) < 4.78 is 5.63. The molecule has 0 saturated carbocycles. The van der Waals surface area contributed by atoms with Gasteiger partial charge in [-0.3, -0.25) is 4.79 Å². The van der Waals surface area contributed by atoms with E-state index in [2.05, 4.69) is 11.9 Å². The Labute approximate surface area is 164 Å². The van der Waals surface area contributed by atoms with Gasteiger partial charge in [0.05, 0.1) is 5.02 Å². The Morgan fingerprint density at radius 1 is 1.12 bits per heavy atom. The van der Waals surface area contributed by atoms with Crippen LogP contribution in [-0.4, -0.2) is 25.5 Å². The molecule has 2 aromatic carbocycles. The van der Waals surface area contributed by atoms with Gasteiger partial charge < -0.3 is 10.1 Å². The first-order valence-corrected chi connectivity index (χ1v) is 9.06. The van der Waals surface area contributed by atoms with Crippen LogP contribution in [0, 0.1) is 0 Å². The van der Waals surface area contributed by atoms with Crippen molar-refractivity contribution < 1.29 is 9.53 Å². The van der Waals surface area contributed by atoms with E-state index in [1.807, 2.05) is 18.2 Å². The van der Waals surface area contributed by atoms with E-state index in [1.165, 1.54) is 0 Å². The quantitative estimate of drug-likeness (QED) is 0.339. The first kappa shape index (κ1) is 20.2. The monoisotopic (exact) mass is 389 g/mol. The fraction of sp³-hybridized carbons (Fsp3) is 0.190. The lowest BCUT2D eigenvalue weighted by atomic mass is 10.0. The minimum Gasteiger partial charge on any atom is -0.490 e. The standard InChI is InChI=1S/C21H21Cl2NO2/c1-2-3-12-24-13-4-5-14-26-18-9-6-16(7-10-18)21(25)19-11-8-17(22)15-20(19)23/h2,4-11,15,24H,1,3,12-14H2/b5-4+. The molecule has 0 unspecified atom stereocenters. The molecular formula is C21H21Cl2NO2. The highest BCUT2D eigenvalue weighted by Crippen LogP contribution is 2.24. The van der Waals surface area contributed by atoms with E-state index >= 15 is 0 Å². The Bertz CT molecular complexity index is 770. The topological polar surface area (TPSA) is 38.3 Å². The molecule has 0 saturated heterocycles. The lowest BCUT2D eigenvalue weighted by molar-refractivity contribution is 0.103. The molecule has 0 atom stereocenters. The zero-order chi connectivity index (χ0) is 18.8. The maximum Gasteiger partial charge on any atom is 0.194 e. The number of halogens is 2. The van der Waals surface area contributed by atoms with Crippen molar-refractivity contribution in [3.8, 4) is 5.75 Å².